The number of aromatic nitrogens is 2. The minimum absolute atomic E-state index is 0.651. The molecule has 1 fully saturated rings. The molecule has 0 radical (unpaired) electrons. The van der Waals surface area contributed by atoms with E-state index in [2.05, 4.69) is 28.0 Å². The van der Waals surface area contributed by atoms with Gasteiger partial charge in [-0.3, -0.25) is 0 Å². The van der Waals surface area contributed by atoms with Crippen molar-refractivity contribution in [2.75, 3.05) is 18.6 Å². The monoisotopic (exact) mass is 211 g/mol. The van der Waals surface area contributed by atoms with Crippen molar-refractivity contribution in [3.8, 4) is 0 Å². The van der Waals surface area contributed by atoms with E-state index in [0.717, 1.165) is 18.2 Å². The van der Waals surface area contributed by atoms with Crippen LogP contribution in [0.4, 0.5) is 0 Å². The van der Waals surface area contributed by atoms with E-state index in [1.165, 1.54) is 11.5 Å². The fraction of sp³-hybridized carbons (Fsp3) is 0.700. The second kappa shape index (κ2) is 4.36. The summed E-state index contributed by atoms with van der Waals surface area (Å²) in [5, 5.41) is 3.12. The zero-order valence-electron chi connectivity index (χ0n) is 8.73. The molecule has 3 nitrogen and oxygen atoms in total. The van der Waals surface area contributed by atoms with Gasteiger partial charge in [-0.1, -0.05) is 6.92 Å². The highest BCUT2D eigenvalue weighted by Gasteiger charge is 2.25. The molecule has 0 aromatic carbocycles. The highest BCUT2D eigenvalue weighted by molar-refractivity contribution is 7.99. The Bertz CT molecular complexity index is 297. The number of imidazole rings is 1. The van der Waals surface area contributed by atoms with Crippen LogP contribution in [0.5, 0.6) is 0 Å². The maximum Gasteiger partial charge on any atom is 0.0952 e. The Morgan fingerprint density at radius 3 is 3.14 bits per heavy atom. The lowest BCUT2D eigenvalue weighted by Crippen LogP contribution is -2.13. The molecule has 0 saturated carbocycles. The van der Waals surface area contributed by atoms with Crippen LogP contribution < -0.4 is 5.32 Å². The van der Waals surface area contributed by atoms with Gasteiger partial charge < -0.3 is 9.88 Å². The molecule has 1 saturated heterocycles. The van der Waals surface area contributed by atoms with E-state index in [9.17, 15) is 0 Å². The topological polar surface area (TPSA) is 29.9 Å². The second-order valence-electron chi connectivity index (χ2n) is 3.92. The number of nitrogens with zero attached hydrogens (tertiary/aromatic N) is 2. The Hall–Kier alpha value is -0.480. The largest absolute Gasteiger partial charge is 0.333 e. The van der Waals surface area contributed by atoms with Gasteiger partial charge in [0, 0.05) is 24.5 Å². The first kappa shape index (κ1) is 10.1. The van der Waals surface area contributed by atoms with E-state index >= 15 is 0 Å². The first-order valence-corrected chi connectivity index (χ1v) is 6.21. The van der Waals surface area contributed by atoms with Gasteiger partial charge in [0.25, 0.3) is 0 Å². The van der Waals surface area contributed by atoms with Gasteiger partial charge in [-0.2, -0.15) is 11.8 Å². The molecule has 0 spiro atoms. The molecule has 1 aliphatic rings. The summed E-state index contributed by atoms with van der Waals surface area (Å²) in [7, 11) is 1.95. The Morgan fingerprint density at radius 1 is 1.64 bits per heavy atom. The van der Waals surface area contributed by atoms with E-state index in [1.807, 2.05) is 25.1 Å². The number of thioether (sulfide) groups is 1. The molecule has 2 unspecified atom stereocenters. The van der Waals surface area contributed by atoms with Crippen LogP contribution in [0.15, 0.2) is 12.5 Å². The lowest BCUT2D eigenvalue weighted by molar-refractivity contribution is 0.437. The maximum absolute atomic E-state index is 4.38. The highest BCUT2D eigenvalue weighted by Crippen LogP contribution is 2.33. The fourth-order valence-electron chi connectivity index (χ4n) is 1.86. The van der Waals surface area contributed by atoms with E-state index in [-0.39, 0.29) is 0 Å². The van der Waals surface area contributed by atoms with Crippen LogP contribution in [0.2, 0.25) is 0 Å². The molecule has 0 amide bonds. The first-order valence-electron chi connectivity index (χ1n) is 5.06. The lowest BCUT2D eigenvalue weighted by atomic mass is 10.1. The molecule has 78 valence electrons. The third kappa shape index (κ3) is 1.96. The van der Waals surface area contributed by atoms with Crippen molar-refractivity contribution in [3.05, 3.63) is 18.2 Å². The van der Waals surface area contributed by atoms with Crippen molar-refractivity contribution in [2.24, 2.45) is 5.92 Å². The molecule has 2 heterocycles. The third-order valence-corrected chi connectivity index (χ3v) is 4.06. The summed E-state index contributed by atoms with van der Waals surface area (Å²) in [5.41, 5.74) is 1.14. The van der Waals surface area contributed by atoms with Crippen molar-refractivity contribution in [2.45, 2.75) is 19.5 Å². The molecule has 0 bridgehead atoms. The van der Waals surface area contributed by atoms with E-state index < -0.39 is 0 Å². The number of hydrogen-bond acceptors (Lipinski definition) is 3. The number of hydrogen-bond donors (Lipinski definition) is 1. The molecule has 2 atom stereocenters. The van der Waals surface area contributed by atoms with Crippen molar-refractivity contribution in [1.29, 1.82) is 0 Å². The van der Waals surface area contributed by atoms with Gasteiger partial charge >= 0.3 is 0 Å². The number of rotatable bonds is 3. The summed E-state index contributed by atoms with van der Waals surface area (Å²) >= 11 is 2.04. The average molecular weight is 211 g/mol. The van der Waals surface area contributed by atoms with Crippen LogP contribution in [-0.2, 0) is 6.54 Å². The zero-order valence-corrected chi connectivity index (χ0v) is 9.55. The van der Waals surface area contributed by atoms with Crippen molar-refractivity contribution >= 4 is 11.8 Å². The molecule has 1 aromatic rings. The summed E-state index contributed by atoms with van der Waals surface area (Å²) in [6.45, 7) is 3.18. The summed E-state index contributed by atoms with van der Waals surface area (Å²) < 4.78 is 2.28. The second-order valence-corrected chi connectivity index (χ2v) is 5.00. The van der Waals surface area contributed by atoms with Gasteiger partial charge in [0.2, 0.25) is 0 Å². The van der Waals surface area contributed by atoms with Crippen LogP contribution in [0.3, 0.4) is 0 Å². The molecule has 1 aromatic heterocycles. The minimum atomic E-state index is 0.651. The lowest BCUT2D eigenvalue weighted by Gasteiger charge is -2.15. The fourth-order valence-corrected chi connectivity index (χ4v) is 3.34. The molecule has 14 heavy (non-hydrogen) atoms. The summed E-state index contributed by atoms with van der Waals surface area (Å²) in [6, 6.07) is 0.651. The molecule has 1 N–H and O–H groups in total. The van der Waals surface area contributed by atoms with Crippen LogP contribution in [0.1, 0.15) is 18.7 Å². The standard InChI is InChI=1S/C10H17N3S/c1-8-5-14-6-10(8)13-4-9(3-11-2)12-7-13/h4,7-8,10-11H,3,5-6H2,1-2H3. The third-order valence-electron chi connectivity index (χ3n) is 2.72. The zero-order chi connectivity index (χ0) is 9.97. The first-order chi connectivity index (χ1) is 6.81. The van der Waals surface area contributed by atoms with E-state index in [0.29, 0.717) is 6.04 Å². The van der Waals surface area contributed by atoms with Crippen LogP contribution >= 0.6 is 11.8 Å². The molecule has 4 heteroatoms. The van der Waals surface area contributed by atoms with E-state index in [1.54, 1.807) is 0 Å². The predicted molar refractivity (Wildman–Crippen MR) is 60.5 cm³/mol. The maximum atomic E-state index is 4.38. The Kier molecular flexibility index (Phi) is 3.13. The van der Waals surface area contributed by atoms with Gasteiger partial charge in [0.1, 0.15) is 0 Å². The van der Waals surface area contributed by atoms with Gasteiger partial charge in [-0.25, -0.2) is 4.98 Å². The van der Waals surface area contributed by atoms with Crippen LogP contribution in [-0.4, -0.2) is 28.1 Å². The number of nitrogens with one attached hydrogen (secondary N) is 1. The van der Waals surface area contributed by atoms with Crippen LogP contribution in [0.25, 0.3) is 0 Å². The predicted octanol–water partition coefficient (Wildman–Crippen LogP) is 1.53. The Morgan fingerprint density at radius 2 is 2.50 bits per heavy atom. The van der Waals surface area contributed by atoms with Crippen molar-refractivity contribution in [3.63, 3.8) is 0 Å². The summed E-state index contributed by atoms with van der Waals surface area (Å²) in [6.07, 6.45) is 4.14. The molecule has 2 rings (SSSR count). The molecule has 1 aliphatic heterocycles. The SMILES string of the molecule is CNCc1cn(C2CSCC2C)cn1. The van der Waals surface area contributed by atoms with Crippen LogP contribution in [0, 0.1) is 5.92 Å². The highest BCUT2D eigenvalue weighted by atomic mass is 32.2. The van der Waals surface area contributed by atoms with Gasteiger partial charge in [-0.15, -0.1) is 0 Å². The quantitative estimate of drug-likeness (QED) is 0.822. The minimum Gasteiger partial charge on any atom is -0.333 e. The molecular weight excluding hydrogens is 194 g/mol. The van der Waals surface area contributed by atoms with Gasteiger partial charge in [0.05, 0.1) is 12.0 Å². The molecular formula is C10H17N3S. The average Bonchev–Trinajstić information content (AvgIpc) is 2.74. The normalized spacial score (nSPS) is 27.0. The Labute approximate surface area is 89.3 Å². The summed E-state index contributed by atoms with van der Waals surface area (Å²) in [4.78, 5) is 4.38. The van der Waals surface area contributed by atoms with Crippen molar-refractivity contribution < 1.29 is 0 Å². The van der Waals surface area contributed by atoms with E-state index in [4.69, 9.17) is 0 Å². The molecule has 0 aliphatic carbocycles. The summed E-state index contributed by atoms with van der Waals surface area (Å²) in [5.74, 6) is 3.29. The smallest absolute Gasteiger partial charge is 0.0952 e. The van der Waals surface area contributed by atoms with Gasteiger partial charge in [0.15, 0.2) is 0 Å². The van der Waals surface area contributed by atoms with Crippen molar-refractivity contribution in [1.82, 2.24) is 14.9 Å². The Balaban J connectivity index is 2.08. The van der Waals surface area contributed by atoms with Gasteiger partial charge in [-0.05, 0) is 18.7 Å².